The van der Waals surface area contributed by atoms with Crippen LogP contribution in [-0.2, 0) is 4.79 Å². The zero-order valence-electron chi connectivity index (χ0n) is 11.7. The van der Waals surface area contributed by atoms with Crippen LogP contribution in [0.1, 0.15) is 12.8 Å². The van der Waals surface area contributed by atoms with Crippen molar-refractivity contribution in [2.75, 3.05) is 23.7 Å². The van der Waals surface area contributed by atoms with E-state index < -0.39 is 0 Å². The van der Waals surface area contributed by atoms with Crippen molar-refractivity contribution >= 4 is 28.2 Å². The van der Waals surface area contributed by atoms with Gasteiger partial charge in [0.15, 0.2) is 0 Å². The summed E-state index contributed by atoms with van der Waals surface area (Å²) in [4.78, 5) is 18.7. The number of hydrogen-bond acceptors (Lipinski definition) is 4. The topological polar surface area (TPSA) is 71.2 Å². The van der Waals surface area contributed by atoms with E-state index in [-0.39, 0.29) is 17.9 Å². The lowest BCUT2D eigenvalue weighted by molar-refractivity contribution is -0.122. The summed E-state index contributed by atoms with van der Waals surface area (Å²) in [5, 5.41) is 4.06. The first kappa shape index (κ1) is 12.4. The lowest BCUT2D eigenvalue weighted by Gasteiger charge is -2.38. The average Bonchev–Trinajstić information content (AvgIpc) is 2.89. The van der Waals surface area contributed by atoms with Gasteiger partial charge in [-0.25, -0.2) is 0 Å². The van der Waals surface area contributed by atoms with E-state index in [1.165, 1.54) is 0 Å². The average molecular weight is 282 g/mol. The van der Waals surface area contributed by atoms with Crippen LogP contribution >= 0.6 is 0 Å². The molecule has 2 aromatic rings. The van der Waals surface area contributed by atoms with Gasteiger partial charge in [-0.15, -0.1) is 0 Å². The van der Waals surface area contributed by atoms with E-state index in [0.717, 1.165) is 36.0 Å². The van der Waals surface area contributed by atoms with Crippen molar-refractivity contribution in [3.63, 3.8) is 0 Å². The molecule has 1 aromatic carbocycles. The summed E-state index contributed by atoms with van der Waals surface area (Å²) in [5.41, 5.74) is 8.89. The van der Waals surface area contributed by atoms with Gasteiger partial charge in [0.2, 0.25) is 5.91 Å². The van der Waals surface area contributed by atoms with Gasteiger partial charge in [-0.05, 0) is 18.9 Å². The highest BCUT2D eigenvalue weighted by Crippen LogP contribution is 2.38. The van der Waals surface area contributed by atoms with Gasteiger partial charge in [-0.3, -0.25) is 9.78 Å². The number of nitrogens with one attached hydrogen (secondary N) is 1. The zero-order valence-corrected chi connectivity index (χ0v) is 11.7. The van der Waals surface area contributed by atoms with E-state index >= 15 is 0 Å². The van der Waals surface area contributed by atoms with Crippen LogP contribution in [0.25, 0.3) is 10.9 Å². The van der Waals surface area contributed by atoms with Crippen molar-refractivity contribution in [3.8, 4) is 0 Å². The predicted molar refractivity (Wildman–Crippen MR) is 83.0 cm³/mol. The number of nitrogens with zero attached hydrogens (tertiary/aromatic N) is 2. The highest BCUT2D eigenvalue weighted by Gasteiger charge is 2.41. The number of carbonyl (C=O) groups excluding carboxylic acids is 1. The second kappa shape index (κ2) is 4.62. The maximum absolute atomic E-state index is 12.0. The number of aromatic nitrogens is 1. The molecule has 2 aliphatic rings. The van der Waals surface area contributed by atoms with E-state index in [1.54, 1.807) is 6.20 Å². The fraction of sp³-hybridized carbons (Fsp3) is 0.375. The van der Waals surface area contributed by atoms with E-state index in [1.807, 2.05) is 18.2 Å². The number of anilines is 2. The number of hydrogen-bond donors (Lipinski definition) is 2. The maximum atomic E-state index is 12.0. The largest absolute Gasteiger partial charge is 0.396 e. The molecule has 5 heteroatoms. The lowest BCUT2D eigenvalue weighted by atomic mass is 9.90. The first-order chi connectivity index (χ1) is 10.3. The molecule has 0 saturated carbocycles. The van der Waals surface area contributed by atoms with Crippen molar-refractivity contribution in [3.05, 3.63) is 30.5 Å². The smallest absolute Gasteiger partial charge is 0.225 e. The summed E-state index contributed by atoms with van der Waals surface area (Å²) in [6, 6.07) is 8.25. The van der Waals surface area contributed by atoms with E-state index in [9.17, 15) is 4.79 Å². The number of carbonyl (C=O) groups is 1. The number of para-hydroxylation sites is 1. The van der Waals surface area contributed by atoms with Gasteiger partial charge in [0.1, 0.15) is 0 Å². The Kier molecular flexibility index (Phi) is 2.74. The second-order valence-corrected chi connectivity index (χ2v) is 5.83. The van der Waals surface area contributed by atoms with Crippen LogP contribution in [0.5, 0.6) is 0 Å². The highest BCUT2D eigenvalue weighted by atomic mass is 16.2. The first-order valence-electron chi connectivity index (χ1n) is 7.43. The third-order valence-electron chi connectivity index (χ3n) is 4.66. The van der Waals surface area contributed by atoms with E-state index in [0.29, 0.717) is 12.2 Å². The standard InChI is InChI=1S/C16H18N4O/c17-12-8-18-13-6-2-1-4-10(13)15(12)20-7-3-5-11-14(20)9-19-16(11)21/h1-2,4,6,8,11,14H,3,5,7,9,17H2,(H,19,21). The molecule has 0 bridgehead atoms. The molecule has 1 amide bonds. The van der Waals surface area contributed by atoms with Crippen LogP contribution in [0.3, 0.4) is 0 Å². The van der Waals surface area contributed by atoms with Gasteiger partial charge in [0.05, 0.1) is 35.0 Å². The fourth-order valence-corrected chi connectivity index (χ4v) is 3.69. The Hall–Kier alpha value is -2.30. The van der Waals surface area contributed by atoms with Crippen molar-refractivity contribution in [1.29, 1.82) is 0 Å². The molecule has 1 aromatic heterocycles. The SMILES string of the molecule is Nc1cnc2ccccc2c1N1CCCC2C(=O)NCC21. The number of fused-ring (bicyclic) bond motifs is 2. The van der Waals surface area contributed by atoms with Crippen LogP contribution in [0.2, 0.25) is 0 Å². The van der Waals surface area contributed by atoms with Crippen LogP contribution in [0, 0.1) is 5.92 Å². The molecular weight excluding hydrogens is 264 g/mol. The minimum Gasteiger partial charge on any atom is -0.396 e. The number of pyridine rings is 1. The van der Waals surface area contributed by atoms with Gasteiger partial charge in [0, 0.05) is 18.5 Å². The number of rotatable bonds is 1. The molecule has 2 fully saturated rings. The van der Waals surface area contributed by atoms with E-state index in [4.69, 9.17) is 5.73 Å². The summed E-state index contributed by atoms with van der Waals surface area (Å²) >= 11 is 0. The fourth-order valence-electron chi connectivity index (χ4n) is 3.69. The normalized spacial score (nSPS) is 25.0. The molecule has 2 atom stereocenters. The summed E-state index contributed by atoms with van der Waals surface area (Å²) in [5.74, 6) is 0.270. The Labute approximate surface area is 123 Å². The van der Waals surface area contributed by atoms with Crippen LogP contribution in [-0.4, -0.2) is 30.0 Å². The van der Waals surface area contributed by atoms with Crippen molar-refractivity contribution in [1.82, 2.24) is 10.3 Å². The first-order valence-corrected chi connectivity index (χ1v) is 7.43. The van der Waals surface area contributed by atoms with Crippen molar-refractivity contribution in [2.24, 2.45) is 5.92 Å². The van der Waals surface area contributed by atoms with E-state index in [2.05, 4.69) is 21.3 Å². The molecule has 0 spiro atoms. The van der Waals surface area contributed by atoms with Gasteiger partial charge in [-0.1, -0.05) is 18.2 Å². The summed E-state index contributed by atoms with van der Waals surface area (Å²) in [6.45, 7) is 1.65. The van der Waals surface area contributed by atoms with Gasteiger partial charge < -0.3 is 16.0 Å². The summed E-state index contributed by atoms with van der Waals surface area (Å²) in [6.07, 6.45) is 3.71. The van der Waals surface area contributed by atoms with Crippen LogP contribution in [0.4, 0.5) is 11.4 Å². The Morgan fingerprint density at radius 1 is 1.33 bits per heavy atom. The molecule has 2 saturated heterocycles. The summed E-state index contributed by atoms with van der Waals surface area (Å²) in [7, 11) is 0. The molecule has 2 aliphatic heterocycles. The van der Waals surface area contributed by atoms with Crippen molar-refractivity contribution in [2.45, 2.75) is 18.9 Å². The predicted octanol–water partition coefficient (Wildman–Crippen LogP) is 1.53. The molecular formula is C16H18N4O. The maximum Gasteiger partial charge on any atom is 0.225 e. The van der Waals surface area contributed by atoms with Gasteiger partial charge >= 0.3 is 0 Å². The second-order valence-electron chi connectivity index (χ2n) is 5.83. The van der Waals surface area contributed by atoms with Gasteiger partial charge in [0.25, 0.3) is 0 Å². The molecule has 2 unspecified atom stereocenters. The summed E-state index contributed by atoms with van der Waals surface area (Å²) < 4.78 is 0. The minimum atomic E-state index is 0.0880. The number of amides is 1. The molecule has 0 radical (unpaired) electrons. The minimum absolute atomic E-state index is 0.0880. The molecule has 3 N–H and O–H groups in total. The Bertz CT molecular complexity index is 714. The Morgan fingerprint density at radius 3 is 3.10 bits per heavy atom. The zero-order chi connectivity index (χ0) is 14.4. The number of nitrogen functional groups attached to an aromatic ring is 1. The Morgan fingerprint density at radius 2 is 2.19 bits per heavy atom. The van der Waals surface area contributed by atoms with Crippen LogP contribution < -0.4 is 16.0 Å². The quantitative estimate of drug-likeness (QED) is 0.832. The van der Waals surface area contributed by atoms with Crippen LogP contribution in [0.15, 0.2) is 30.5 Å². The van der Waals surface area contributed by atoms with Crippen molar-refractivity contribution < 1.29 is 4.79 Å². The monoisotopic (exact) mass is 282 g/mol. The number of piperidine rings is 1. The molecule has 21 heavy (non-hydrogen) atoms. The third kappa shape index (κ3) is 1.84. The lowest BCUT2D eigenvalue weighted by Crippen LogP contribution is -2.46. The number of nitrogens with two attached hydrogens (primary N) is 1. The molecule has 4 rings (SSSR count). The third-order valence-corrected chi connectivity index (χ3v) is 4.66. The Balaban J connectivity index is 1.86. The molecule has 0 aliphatic carbocycles. The molecule has 3 heterocycles. The number of benzene rings is 1. The molecule has 5 nitrogen and oxygen atoms in total. The van der Waals surface area contributed by atoms with Gasteiger partial charge in [-0.2, -0.15) is 0 Å². The molecule has 108 valence electrons. The highest BCUT2D eigenvalue weighted by molar-refractivity contribution is 5.98.